The Bertz CT molecular complexity index is 560. The molecule has 0 N–H and O–H groups in total. The number of hydrogen-bond acceptors (Lipinski definition) is 2. The second kappa shape index (κ2) is 3.77. The summed E-state index contributed by atoms with van der Waals surface area (Å²) in [5, 5.41) is 5.70. The molecular formula is C11H11BrN2O. The van der Waals surface area contributed by atoms with Crippen molar-refractivity contribution in [2.45, 2.75) is 19.9 Å². The summed E-state index contributed by atoms with van der Waals surface area (Å²) < 4.78 is 2.40. The molecule has 1 heterocycles. The molecule has 0 fully saturated rings. The van der Waals surface area contributed by atoms with E-state index in [0.29, 0.717) is 5.39 Å². The van der Waals surface area contributed by atoms with Crippen LogP contribution < -0.4 is 5.56 Å². The van der Waals surface area contributed by atoms with Gasteiger partial charge in [-0.15, -0.1) is 0 Å². The van der Waals surface area contributed by atoms with Gasteiger partial charge in [-0.2, -0.15) is 5.10 Å². The molecular weight excluding hydrogens is 256 g/mol. The van der Waals surface area contributed by atoms with E-state index in [0.717, 1.165) is 9.86 Å². The lowest BCUT2D eigenvalue weighted by Gasteiger charge is -2.09. The zero-order chi connectivity index (χ0) is 11.0. The molecule has 4 heteroatoms. The fourth-order valence-electron chi connectivity index (χ4n) is 1.52. The van der Waals surface area contributed by atoms with Gasteiger partial charge in [0, 0.05) is 9.86 Å². The molecule has 0 amide bonds. The van der Waals surface area contributed by atoms with E-state index in [4.69, 9.17) is 0 Å². The molecule has 2 rings (SSSR count). The molecule has 0 spiro atoms. The number of rotatable bonds is 1. The minimum absolute atomic E-state index is 0.0381. The molecule has 0 aliphatic rings. The maximum Gasteiger partial charge on any atom is 0.274 e. The molecule has 1 aromatic heterocycles. The van der Waals surface area contributed by atoms with E-state index in [1.54, 1.807) is 6.20 Å². The summed E-state index contributed by atoms with van der Waals surface area (Å²) >= 11 is 3.40. The third-order valence-electron chi connectivity index (χ3n) is 2.29. The second-order valence-corrected chi connectivity index (χ2v) is 4.54. The van der Waals surface area contributed by atoms with Crippen molar-refractivity contribution in [1.82, 2.24) is 9.78 Å². The highest BCUT2D eigenvalue weighted by atomic mass is 79.9. The number of fused-ring (bicyclic) bond motifs is 1. The van der Waals surface area contributed by atoms with Crippen molar-refractivity contribution >= 4 is 26.7 Å². The molecule has 0 aliphatic heterocycles. The molecule has 15 heavy (non-hydrogen) atoms. The summed E-state index contributed by atoms with van der Waals surface area (Å²) in [4.78, 5) is 12.0. The maximum atomic E-state index is 12.0. The van der Waals surface area contributed by atoms with E-state index >= 15 is 0 Å². The molecule has 1 aromatic carbocycles. The lowest BCUT2D eigenvalue weighted by Crippen LogP contribution is -2.24. The Morgan fingerprint density at radius 2 is 2.07 bits per heavy atom. The van der Waals surface area contributed by atoms with Crippen LogP contribution in [0.25, 0.3) is 10.8 Å². The standard InChI is InChI=1S/C11H11BrN2O/c1-7(2)14-11(15)8-4-3-5-10(12)9(8)6-13-14/h3-7H,1-2H3. The number of hydrogen-bond donors (Lipinski definition) is 0. The van der Waals surface area contributed by atoms with E-state index in [2.05, 4.69) is 21.0 Å². The van der Waals surface area contributed by atoms with Crippen molar-refractivity contribution in [1.29, 1.82) is 0 Å². The van der Waals surface area contributed by atoms with Gasteiger partial charge in [0.2, 0.25) is 0 Å². The molecule has 78 valence electrons. The summed E-state index contributed by atoms with van der Waals surface area (Å²) in [6.45, 7) is 3.89. The van der Waals surface area contributed by atoms with Crippen LogP contribution >= 0.6 is 15.9 Å². The quantitative estimate of drug-likeness (QED) is 0.796. The SMILES string of the molecule is CC(C)n1ncc2c(Br)cccc2c1=O. The predicted molar refractivity (Wildman–Crippen MR) is 64.1 cm³/mol. The van der Waals surface area contributed by atoms with Crippen molar-refractivity contribution in [2.75, 3.05) is 0 Å². The van der Waals surface area contributed by atoms with Crippen molar-refractivity contribution in [3.63, 3.8) is 0 Å². The van der Waals surface area contributed by atoms with Crippen LogP contribution in [0.15, 0.2) is 33.7 Å². The van der Waals surface area contributed by atoms with Gasteiger partial charge in [-0.05, 0) is 26.0 Å². The van der Waals surface area contributed by atoms with Gasteiger partial charge in [0.15, 0.2) is 0 Å². The minimum atomic E-state index is -0.0381. The summed E-state index contributed by atoms with van der Waals surface area (Å²) in [5.41, 5.74) is -0.0381. The lowest BCUT2D eigenvalue weighted by molar-refractivity contribution is 0.507. The molecule has 0 saturated carbocycles. The third-order valence-corrected chi connectivity index (χ3v) is 2.98. The van der Waals surface area contributed by atoms with Crippen LogP contribution in [0.5, 0.6) is 0 Å². The first kappa shape index (κ1) is 10.4. The first-order valence-electron chi connectivity index (χ1n) is 4.77. The second-order valence-electron chi connectivity index (χ2n) is 3.69. The van der Waals surface area contributed by atoms with Crippen LogP contribution in [-0.2, 0) is 0 Å². The lowest BCUT2D eigenvalue weighted by atomic mass is 10.2. The highest BCUT2D eigenvalue weighted by molar-refractivity contribution is 9.10. The van der Waals surface area contributed by atoms with Crippen LogP contribution in [0, 0.1) is 0 Å². The Hall–Kier alpha value is -1.16. The highest BCUT2D eigenvalue weighted by Crippen LogP contribution is 2.20. The summed E-state index contributed by atoms with van der Waals surface area (Å²) in [6.07, 6.45) is 1.72. The largest absolute Gasteiger partial charge is 0.274 e. The van der Waals surface area contributed by atoms with E-state index in [9.17, 15) is 4.79 Å². The van der Waals surface area contributed by atoms with Crippen molar-refractivity contribution in [3.05, 3.63) is 39.2 Å². The highest BCUT2D eigenvalue weighted by Gasteiger charge is 2.07. The summed E-state index contributed by atoms with van der Waals surface area (Å²) in [5.74, 6) is 0. The molecule has 0 unspecified atom stereocenters. The monoisotopic (exact) mass is 266 g/mol. The van der Waals surface area contributed by atoms with Crippen molar-refractivity contribution < 1.29 is 0 Å². The minimum Gasteiger partial charge on any atom is -0.267 e. The number of benzene rings is 1. The smallest absolute Gasteiger partial charge is 0.267 e. The van der Waals surface area contributed by atoms with Crippen LogP contribution in [0.3, 0.4) is 0 Å². The summed E-state index contributed by atoms with van der Waals surface area (Å²) in [7, 11) is 0. The van der Waals surface area contributed by atoms with Crippen LogP contribution in [0.1, 0.15) is 19.9 Å². The Morgan fingerprint density at radius 3 is 2.73 bits per heavy atom. The van der Waals surface area contributed by atoms with Gasteiger partial charge in [0.05, 0.1) is 17.6 Å². The predicted octanol–water partition coefficient (Wildman–Crippen LogP) is 2.74. The Labute approximate surface area is 95.9 Å². The molecule has 0 atom stereocenters. The van der Waals surface area contributed by atoms with Gasteiger partial charge in [0.1, 0.15) is 0 Å². The maximum absolute atomic E-state index is 12.0. The van der Waals surface area contributed by atoms with Crippen LogP contribution in [-0.4, -0.2) is 9.78 Å². The molecule has 0 saturated heterocycles. The Balaban J connectivity index is 2.86. The van der Waals surface area contributed by atoms with Crippen molar-refractivity contribution in [3.8, 4) is 0 Å². The van der Waals surface area contributed by atoms with Gasteiger partial charge in [0.25, 0.3) is 5.56 Å². The van der Waals surface area contributed by atoms with Crippen molar-refractivity contribution in [2.24, 2.45) is 0 Å². The van der Waals surface area contributed by atoms with Crippen LogP contribution in [0.2, 0.25) is 0 Å². The fourth-order valence-corrected chi connectivity index (χ4v) is 1.99. The average molecular weight is 267 g/mol. The molecule has 0 aliphatic carbocycles. The first-order chi connectivity index (χ1) is 7.11. The van der Waals surface area contributed by atoms with E-state index in [-0.39, 0.29) is 11.6 Å². The van der Waals surface area contributed by atoms with Gasteiger partial charge in [-0.1, -0.05) is 22.0 Å². The number of aromatic nitrogens is 2. The Kier molecular flexibility index (Phi) is 2.61. The van der Waals surface area contributed by atoms with Gasteiger partial charge >= 0.3 is 0 Å². The van der Waals surface area contributed by atoms with Crippen LogP contribution in [0.4, 0.5) is 0 Å². The molecule has 2 aromatic rings. The summed E-state index contributed by atoms with van der Waals surface area (Å²) in [6, 6.07) is 5.67. The average Bonchev–Trinajstić information content (AvgIpc) is 2.19. The Morgan fingerprint density at radius 1 is 1.33 bits per heavy atom. The van der Waals surface area contributed by atoms with E-state index in [1.807, 2.05) is 32.0 Å². The fraction of sp³-hybridized carbons (Fsp3) is 0.273. The third kappa shape index (κ3) is 1.69. The van der Waals surface area contributed by atoms with E-state index in [1.165, 1.54) is 4.68 Å². The first-order valence-corrected chi connectivity index (χ1v) is 5.56. The van der Waals surface area contributed by atoms with Gasteiger partial charge < -0.3 is 0 Å². The van der Waals surface area contributed by atoms with E-state index < -0.39 is 0 Å². The molecule has 3 nitrogen and oxygen atoms in total. The topological polar surface area (TPSA) is 34.9 Å². The normalized spacial score (nSPS) is 11.2. The number of nitrogens with zero attached hydrogens (tertiary/aromatic N) is 2. The van der Waals surface area contributed by atoms with Gasteiger partial charge in [-0.3, -0.25) is 4.79 Å². The molecule has 0 bridgehead atoms. The van der Waals surface area contributed by atoms with Gasteiger partial charge in [-0.25, -0.2) is 4.68 Å². The zero-order valence-electron chi connectivity index (χ0n) is 8.57. The molecule has 0 radical (unpaired) electrons. The zero-order valence-corrected chi connectivity index (χ0v) is 10.2. The number of halogens is 1.